The molecule has 0 aromatic heterocycles. The summed E-state index contributed by atoms with van der Waals surface area (Å²) in [6.07, 6.45) is 0.858. The van der Waals surface area contributed by atoms with Crippen LogP contribution in [0, 0.1) is 0 Å². The molecule has 2 N–H and O–H groups in total. The quantitative estimate of drug-likeness (QED) is 0.711. The molecule has 1 heterocycles. The van der Waals surface area contributed by atoms with Crippen LogP contribution >= 0.6 is 0 Å². The lowest BCUT2D eigenvalue weighted by molar-refractivity contribution is 0.102. The van der Waals surface area contributed by atoms with E-state index in [0.29, 0.717) is 30.0 Å². The van der Waals surface area contributed by atoms with Crippen molar-refractivity contribution in [2.24, 2.45) is 0 Å². The number of hydrogen-bond acceptors (Lipinski definition) is 2. The fourth-order valence-corrected chi connectivity index (χ4v) is 3.34. The van der Waals surface area contributed by atoms with Crippen LogP contribution in [0.1, 0.15) is 21.5 Å². The Morgan fingerprint density at radius 3 is 2.21 bits per heavy atom. The van der Waals surface area contributed by atoms with Crippen molar-refractivity contribution in [3.63, 3.8) is 0 Å². The normalized spacial score (nSPS) is 12.8. The average molecular weight is 371 g/mol. The first kappa shape index (κ1) is 17.8. The average Bonchev–Trinajstić information content (AvgIpc) is 2.74. The number of carbonyl (C=O) groups excluding carboxylic acids is 2. The van der Waals surface area contributed by atoms with Gasteiger partial charge in [0.1, 0.15) is 0 Å². The minimum Gasteiger partial charge on any atom is -0.322 e. The number of carbonyl (C=O) groups is 2. The van der Waals surface area contributed by atoms with Gasteiger partial charge in [-0.1, -0.05) is 48.5 Å². The third kappa shape index (κ3) is 4.04. The maximum absolute atomic E-state index is 12.7. The molecule has 3 amide bonds. The molecule has 5 heteroatoms. The van der Waals surface area contributed by atoms with Crippen LogP contribution in [0.2, 0.25) is 0 Å². The lowest BCUT2D eigenvalue weighted by atomic mass is 10.0. The van der Waals surface area contributed by atoms with Crippen LogP contribution in [0.4, 0.5) is 16.2 Å². The molecule has 3 aromatic carbocycles. The highest BCUT2D eigenvalue weighted by Gasteiger charge is 2.20. The SMILES string of the molecule is O=C(Nc1cccc(NC(=O)N2CCc3ccccc3C2)c1)c1ccccc1. The van der Waals surface area contributed by atoms with Crippen LogP contribution in [-0.4, -0.2) is 23.4 Å². The molecule has 0 aliphatic carbocycles. The van der Waals surface area contributed by atoms with Crippen LogP contribution < -0.4 is 10.6 Å². The van der Waals surface area contributed by atoms with Crippen molar-refractivity contribution >= 4 is 23.3 Å². The van der Waals surface area contributed by atoms with E-state index >= 15 is 0 Å². The van der Waals surface area contributed by atoms with Crippen molar-refractivity contribution in [3.8, 4) is 0 Å². The monoisotopic (exact) mass is 371 g/mol. The van der Waals surface area contributed by atoms with Gasteiger partial charge in [0.2, 0.25) is 0 Å². The van der Waals surface area contributed by atoms with Gasteiger partial charge in [-0.15, -0.1) is 0 Å². The first-order valence-electron chi connectivity index (χ1n) is 9.28. The molecular formula is C23H21N3O2. The molecule has 0 saturated heterocycles. The van der Waals surface area contributed by atoms with Gasteiger partial charge in [-0.25, -0.2) is 4.79 Å². The molecule has 1 aliphatic heterocycles. The molecule has 0 spiro atoms. The predicted molar refractivity (Wildman–Crippen MR) is 110 cm³/mol. The highest BCUT2D eigenvalue weighted by molar-refractivity contribution is 6.04. The minimum absolute atomic E-state index is 0.138. The van der Waals surface area contributed by atoms with Crippen molar-refractivity contribution in [1.82, 2.24) is 4.90 Å². The fraction of sp³-hybridized carbons (Fsp3) is 0.130. The first-order chi connectivity index (χ1) is 13.7. The van der Waals surface area contributed by atoms with E-state index in [2.05, 4.69) is 22.8 Å². The number of hydrogen-bond donors (Lipinski definition) is 2. The standard InChI is InChI=1S/C23H21N3O2/c27-22(18-8-2-1-3-9-18)24-20-11-6-12-21(15-20)25-23(28)26-14-13-17-7-4-5-10-19(17)16-26/h1-12,15H,13-14,16H2,(H,24,27)(H,25,28). The molecule has 1 aliphatic rings. The van der Waals surface area contributed by atoms with Crippen molar-refractivity contribution in [2.45, 2.75) is 13.0 Å². The molecule has 28 heavy (non-hydrogen) atoms. The molecule has 0 bridgehead atoms. The molecule has 0 unspecified atom stereocenters. The molecule has 5 nitrogen and oxygen atoms in total. The zero-order valence-electron chi connectivity index (χ0n) is 15.4. The smallest absolute Gasteiger partial charge is 0.322 e. The third-order valence-electron chi connectivity index (χ3n) is 4.83. The lowest BCUT2D eigenvalue weighted by Crippen LogP contribution is -2.38. The maximum atomic E-state index is 12.7. The summed E-state index contributed by atoms with van der Waals surface area (Å²) in [5.41, 5.74) is 4.36. The molecule has 4 rings (SSSR count). The Kier molecular flexibility index (Phi) is 5.06. The summed E-state index contributed by atoms with van der Waals surface area (Å²) < 4.78 is 0. The van der Waals surface area contributed by atoms with Gasteiger partial charge in [-0.05, 0) is 47.9 Å². The Hall–Kier alpha value is -3.60. The molecule has 0 fully saturated rings. The van der Waals surface area contributed by atoms with Gasteiger partial charge in [-0.2, -0.15) is 0 Å². The van der Waals surface area contributed by atoms with Crippen LogP contribution in [-0.2, 0) is 13.0 Å². The van der Waals surface area contributed by atoms with Gasteiger partial charge < -0.3 is 15.5 Å². The molecule has 0 saturated carbocycles. The van der Waals surface area contributed by atoms with E-state index in [1.165, 1.54) is 11.1 Å². The van der Waals surface area contributed by atoms with Crippen molar-refractivity contribution in [1.29, 1.82) is 0 Å². The van der Waals surface area contributed by atoms with Crippen LogP contribution in [0.15, 0.2) is 78.9 Å². The van der Waals surface area contributed by atoms with Crippen LogP contribution in [0.25, 0.3) is 0 Å². The molecule has 0 atom stereocenters. The van der Waals surface area contributed by atoms with E-state index in [1.54, 1.807) is 29.2 Å². The summed E-state index contributed by atoms with van der Waals surface area (Å²) in [7, 11) is 0. The number of benzene rings is 3. The first-order valence-corrected chi connectivity index (χ1v) is 9.28. The Balaban J connectivity index is 1.41. The predicted octanol–water partition coefficient (Wildman–Crippen LogP) is 4.53. The van der Waals surface area contributed by atoms with E-state index in [-0.39, 0.29) is 11.9 Å². The summed E-state index contributed by atoms with van der Waals surface area (Å²) in [5.74, 6) is -0.184. The second-order valence-corrected chi connectivity index (χ2v) is 6.77. The number of anilines is 2. The topological polar surface area (TPSA) is 61.4 Å². The second-order valence-electron chi connectivity index (χ2n) is 6.77. The van der Waals surface area contributed by atoms with E-state index in [9.17, 15) is 9.59 Å². The molecule has 140 valence electrons. The van der Waals surface area contributed by atoms with Crippen molar-refractivity contribution in [3.05, 3.63) is 95.6 Å². The summed E-state index contributed by atoms with van der Waals surface area (Å²) in [4.78, 5) is 26.8. The van der Waals surface area contributed by atoms with Gasteiger partial charge in [0.05, 0.1) is 0 Å². The highest BCUT2D eigenvalue weighted by Crippen LogP contribution is 2.21. The molecule has 0 radical (unpaired) electrons. The van der Waals surface area contributed by atoms with Crippen molar-refractivity contribution < 1.29 is 9.59 Å². The van der Waals surface area contributed by atoms with E-state index in [4.69, 9.17) is 0 Å². The largest absolute Gasteiger partial charge is 0.322 e. The Labute approximate surface area is 164 Å². The van der Waals surface area contributed by atoms with Gasteiger partial charge in [-0.3, -0.25) is 4.79 Å². The van der Waals surface area contributed by atoms with Crippen molar-refractivity contribution in [2.75, 3.05) is 17.2 Å². The van der Waals surface area contributed by atoms with E-state index in [1.807, 2.05) is 42.5 Å². The number of urea groups is 1. The summed E-state index contributed by atoms with van der Waals surface area (Å²) in [5, 5.41) is 5.79. The Morgan fingerprint density at radius 1 is 0.750 bits per heavy atom. The maximum Gasteiger partial charge on any atom is 0.322 e. The zero-order chi connectivity index (χ0) is 19.3. The number of nitrogens with one attached hydrogen (secondary N) is 2. The highest BCUT2D eigenvalue weighted by atomic mass is 16.2. The Morgan fingerprint density at radius 2 is 1.43 bits per heavy atom. The van der Waals surface area contributed by atoms with Crippen LogP contribution in [0.5, 0.6) is 0 Å². The third-order valence-corrected chi connectivity index (χ3v) is 4.83. The van der Waals surface area contributed by atoms with Gasteiger partial charge in [0, 0.05) is 30.0 Å². The number of amides is 3. The minimum atomic E-state index is -0.184. The van der Waals surface area contributed by atoms with Gasteiger partial charge in [0.25, 0.3) is 5.91 Å². The summed E-state index contributed by atoms with van der Waals surface area (Å²) in [6.45, 7) is 1.29. The van der Waals surface area contributed by atoms with Gasteiger partial charge in [0.15, 0.2) is 0 Å². The molecular weight excluding hydrogens is 350 g/mol. The number of fused-ring (bicyclic) bond motifs is 1. The van der Waals surface area contributed by atoms with E-state index in [0.717, 1.165) is 6.42 Å². The van der Waals surface area contributed by atoms with E-state index < -0.39 is 0 Å². The number of rotatable bonds is 3. The van der Waals surface area contributed by atoms with Gasteiger partial charge >= 0.3 is 6.03 Å². The zero-order valence-corrected chi connectivity index (χ0v) is 15.4. The Bertz CT molecular complexity index is 1000. The van der Waals surface area contributed by atoms with Crippen LogP contribution in [0.3, 0.4) is 0 Å². The second kappa shape index (κ2) is 7.96. The lowest BCUT2D eigenvalue weighted by Gasteiger charge is -2.29. The summed E-state index contributed by atoms with van der Waals surface area (Å²) in [6, 6.07) is 24.3. The fourth-order valence-electron chi connectivity index (χ4n) is 3.34. The summed E-state index contributed by atoms with van der Waals surface area (Å²) >= 11 is 0. The number of nitrogens with zero attached hydrogens (tertiary/aromatic N) is 1. The molecule has 3 aromatic rings.